The highest BCUT2D eigenvalue weighted by molar-refractivity contribution is 7.89. The van der Waals surface area contributed by atoms with Crippen molar-refractivity contribution in [3.05, 3.63) is 65.2 Å². The molecule has 1 heterocycles. The van der Waals surface area contributed by atoms with E-state index in [9.17, 15) is 26.8 Å². The van der Waals surface area contributed by atoms with Crippen LogP contribution in [0.25, 0.3) is 0 Å². The molecule has 0 saturated carbocycles. The molecule has 8 nitrogen and oxygen atoms in total. The van der Waals surface area contributed by atoms with Crippen molar-refractivity contribution in [1.82, 2.24) is 15.2 Å². The van der Waals surface area contributed by atoms with E-state index in [2.05, 4.69) is 5.43 Å². The molecule has 2 amide bonds. The lowest BCUT2D eigenvalue weighted by atomic mass is 10.2. The van der Waals surface area contributed by atoms with E-state index >= 15 is 0 Å². The molecule has 2 aromatic rings. The van der Waals surface area contributed by atoms with Gasteiger partial charge in [0.1, 0.15) is 11.6 Å². The number of ether oxygens (including phenoxy) is 1. The van der Waals surface area contributed by atoms with Gasteiger partial charge in [0.25, 0.3) is 11.8 Å². The highest BCUT2D eigenvalue weighted by Crippen LogP contribution is 2.18. The maximum atomic E-state index is 13.6. The van der Waals surface area contributed by atoms with Gasteiger partial charge in [-0.25, -0.2) is 17.2 Å². The van der Waals surface area contributed by atoms with E-state index in [0.717, 1.165) is 12.1 Å². The number of amides is 2. The summed E-state index contributed by atoms with van der Waals surface area (Å²) in [5.41, 5.74) is 3.58. The van der Waals surface area contributed by atoms with Crippen molar-refractivity contribution >= 4 is 21.8 Å². The van der Waals surface area contributed by atoms with E-state index in [4.69, 9.17) is 4.74 Å². The first-order chi connectivity index (χ1) is 13.8. The second-order valence-corrected chi connectivity index (χ2v) is 8.01. The first-order valence-electron chi connectivity index (χ1n) is 8.53. The minimum atomic E-state index is -3.80. The molecule has 1 aliphatic heterocycles. The van der Waals surface area contributed by atoms with Crippen LogP contribution in [-0.2, 0) is 14.8 Å². The molecule has 29 heavy (non-hydrogen) atoms. The number of morpholine rings is 1. The molecular weight excluding hydrogens is 408 g/mol. The Balaban J connectivity index is 1.70. The summed E-state index contributed by atoms with van der Waals surface area (Å²) >= 11 is 0. The quantitative estimate of drug-likeness (QED) is 0.713. The molecular formula is C18H17F2N3O5S. The topological polar surface area (TPSA) is 105 Å². The zero-order chi connectivity index (χ0) is 21.0. The van der Waals surface area contributed by atoms with E-state index < -0.39 is 39.0 Å². The molecule has 0 aromatic heterocycles. The SMILES string of the molecule is O=C(NNC(=O)c1ccc(F)cc1F)c1cccc(S(=O)(=O)N2CCOCC2)c1. The number of hydrazine groups is 1. The summed E-state index contributed by atoms with van der Waals surface area (Å²) in [5.74, 6) is -3.73. The highest BCUT2D eigenvalue weighted by atomic mass is 32.2. The van der Waals surface area contributed by atoms with Gasteiger partial charge in [-0.1, -0.05) is 6.07 Å². The van der Waals surface area contributed by atoms with Gasteiger partial charge in [0, 0.05) is 24.7 Å². The maximum Gasteiger partial charge on any atom is 0.272 e. The van der Waals surface area contributed by atoms with Gasteiger partial charge in [-0.05, 0) is 30.3 Å². The van der Waals surface area contributed by atoms with Gasteiger partial charge in [0.15, 0.2) is 0 Å². The van der Waals surface area contributed by atoms with Gasteiger partial charge in [-0.2, -0.15) is 4.31 Å². The molecule has 0 radical (unpaired) electrons. The van der Waals surface area contributed by atoms with Crippen LogP contribution in [0, 0.1) is 11.6 Å². The maximum absolute atomic E-state index is 13.6. The fourth-order valence-corrected chi connectivity index (χ4v) is 4.11. The number of nitrogens with zero attached hydrogens (tertiary/aromatic N) is 1. The van der Waals surface area contributed by atoms with Crippen LogP contribution in [0.15, 0.2) is 47.4 Å². The normalized spacial score (nSPS) is 15.0. The van der Waals surface area contributed by atoms with Crippen molar-refractivity contribution in [1.29, 1.82) is 0 Å². The number of nitrogens with one attached hydrogen (secondary N) is 2. The fourth-order valence-electron chi connectivity index (χ4n) is 2.66. The van der Waals surface area contributed by atoms with Gasteiger partial charge in [-0.3, -0.25) is 20.4 Å². The van der Waals surface area contributed by atoms with Crippen molar-refractivity contribution in [2.75, 3.05) is 26.3 Å². The van der Waals surface area contributed by atoms with Crippen molar-refractivity contribution in [2.24, 2.45) is 0 Å². The van der Waals surface area contributed by atoms with Gasteiger partial charge in [0.2, 0.25) is 10.0 Å². The molecule has 0 aliphatic carbocycles. The standard InChI is InChI=1S/C18H17F2N3O5S/c19-13-4-5-15(16(20)11-13)18(25)22-21-17(24)12-2-1-3-14(10-12)29(26,27)23-6-8-28-9-7-23/h1-5,10-11H,6-9H2,(H,21,24)(H,22,25). The molecule has 1 saturated heterocycles. The predicted molar refractivity (Wildman–Crippen MR) is 97.3 cm³/mol. The summed E-state index contributed by atoms with van der Waals surface area (Å²) in [4.78, 5) is 24.1. The Morgan fingerprint density at radius 1 is 0.966 bits per heavy atom. The molecule has 11 heteroatoms. The molecule has 0 unspecified atom stereocenters. The second-order valence-electron chi connectivity index (χ2n) is 6.08. The number of carbonyl (C=O) groups excluding carboxylic acids is 2. The fraction of sp³-hybridized carbons (Fsp3) is 0.222. The molecule has 3 rings (SSSR count). The predicted octanol–water partition coefficient (Wildman–Crippen LogP) is 1.06. The average Bonchev–Trinajstić information content (AvgIpc) is 2.72. The highest BCUT2D eigenvalue weighted by Gasteiger charge is 2.27. The Hall–Kier alpha value is -2.89. The number of rotatable bonds is 4. The van der Waals surface area contributed by atoms with Crippen LogP contribution >= 0.6 is 0 Å². The molecule has 0 spiro atoms. The number of hydrogen-bond donors (Lipinski definition) is 2. The van der Waals surface area contributed by atoms with Crippen LogP contribution in [-0.4, -0.2) is 50.8 Å². The van der Waals surface area contributed by atoms with E-state index in [0.29, 0.717) is 6.07 Å². The van der Waals surface area contributed by atoms with E-state index in [1.807, 2.05) is 5.43 Å². The monoisotopic (exact) mass is 425 g/mol. The van der Waals surface area contributed by atoms with Crippen LogP contribution < -0.4 is 10.9 Å². The largest absolute Gasteiger partial charge is 0.379 e. The van der Waals surface area contributed by atoms with Crippen LogP contribution in [0.2, 0.25) is 0 Å². The van der Waals surface area contributed by atoms with Crippen LogP contribution in [0.3, 0.4) is 0 Å². The number of halogens is 2. The minimum Gasteiger partial charge on any atom is -0.379 e. The van der Waals surface area contributed by atoms with E-state index in [1.165, 1.54) is 28.6 Å². The number of sulfonamides is 1. The molecule has 154 valence electrons. The number of hydrogen-bond acceptors (Lipinski definition) is 5. The summed E-state index contributed by atoms with van der Waals surface area (Å²) in [5, 5.41) is 0. The zero-order valence-electron chi connectivity index (χ0n) is 15.0. The van der Waals surface area contributed by atoms with Crippen molar-refractivity contribution < 1.29 is 31.5 Å². The Morgan fingerprint density at radius 3 is 2.34 bits per heavy atom. The molecule has 0 bridgehead atoms. The first kappa shape index (κ1) is 20.8. The van der Waals surface area contributed by atoms with Crippen LogP contribution in [0.1, 0.15) is 20.7 Å². The zero-order valence-corrected chi connectivity index (χ0v) is 15.8. The minimum absolute atomic E-state index is 0.0285. The smallest absolute Gasteiger partial charge is 0.272 e. The summed E-state index contributed by atoms with van der Waals surface area (Å²) in [6.45, 7) is 0.979. The lowest BCUT2D eigenvalue weighted by Crippen LogP contribution is -2.42. The van der Waals surface area contributed by atoms with E-state index in [1.54, 1.807) is 0 Å². The Kier molecular flexibility index (Phi) is 6.20. The van der Waals surface area contributed by atoms with Crippen LogP contribution in [0.4, 0.5) is 8.78 Å². The Bertz CT molecular complexity index is 1040. The lowest BCUT2D eigenvalue weighted by Gasteiger charge is -2.26. The molecule has 1 aliphatic rings. The average molecular weight is 425 g/mol. The lowest BCUT2D eigenvalue weighted by molar-refractivity contribution is 0.0730. The van der Waals surface area contributed by atoms with Gasteiger partial charge < -0.3 is 4.74 Å². The van der Waals surface area contributed by atoms with Crippen molar-refractivity contribution in [3.63, 3.8) is 0 Å². The molecule has 2 N–H and O–H groups in total. The Morgan fingerprint density at radius 2 is 1.66 bits per heavy atom. The molecule has 2 aromatic carbocycles. The van der Waals surface area contributed by atoms with Crippen LogP contribution in [0.5, 0.6) is 0 Å². The summed E-state index contributed by atoms with van der Waals surface area (Å²) in [6, 6.07) is 7.65. The van der Waals surface area contributed by atoms with Crippen molar-refractivity contribution in [2.45, 2.75) is 4.90 Å². The molecule has 1 fully saturated rings. The van der Waals surface area contributed by atoms with Gasteiger partial charge >= 0.3 is 0 Å². The number of carbonyl (C=O) groups is 2. The van der Waals surface area contributed by atoms with Crippen molar-refractivity contribution in [3.8, 4) is 0 Å². The third-order valence-corrected chi connectivity index (χ3v) is 6.06. The van der Waals surface area contributed by atoms with Gasteiger partial charge in [-0.15, -0.1) is 0 Å². The third-order valence-electron chi connectivity index (χ3n) is 4.17. The first-order valence-corrected chi connectivity index (χ1v) is 9.97. The summed E-state index contributed by atoms with van der Waals surface area (Å²) in [7, 11) is -3.80. The molecule has 0 atom stereocenters. The number of benzene rings is 2. The third kappa shape index (κ3) is 4.75. The Labute approximate surface area is 165 Å². The second kappa shape index (κ2) is 8.64. The summed E-state index contributed by atoms with van der Waals surface area (Å²) in [6.07, 6.45) is 0. The summed E-state index contributed by atoms with van der Waals surface area (Å²) < 4.78 is 58.3. The van der Waals surface area contributed by atoms with Gasteiger partial charge in [0.05, 0.1) is 23.7 Å². The van der Waals surface area contributed by atoms with E-state index in [-0.39, 0.29) is 36.8 Å².